The molecule has 0 radical (unpaired) electrons. The fraction of sp³-hybridized carbons (Fsp3) is 0.200. The van der Waals surface area contributed by atoms with Gasteiger partial charge in [-0.05, 0) is 17.7 Å². The number of benzene rings is 1. The van der Waals surface area contributed by atoms with Crippen molar-refractivity contribution in [2.45, 2.75) is 12.6 Å². The number of hydrogen-bond acceptors (Lipinski definition) is 3. The predicted molar refractivity (Wildman–Crippen MR) is 80.8 cm³/mol. The fourth-order valence-electron chi connectivity index (χ4n) is 1.80. The number of carbonyl (C=O) groups excluding carboxylic acids is 1. The molecule has 2 rings (SSSR count). The van der Waals surface area contributed by atoms with Gasteiger partial charge < -0.3 is 15.7 Å². The predicted octanol–water partition coefficient (Wildman–Crippen LogP) is 2.41. The summed E-state index contributed by atoms with van der Waals surface area (Å²) in [7, 11) is 0. The quantitative estimate of drug-likeness (QED) is 0.740. The van der Waals surface area contributed by atoms with Crippen LogP contribution in [0.15, 0.2) is 42.6 Å². The van der Waals surface area contributed by atoms with Gasteiger partial charge in [-0.25, -0.2) is 14.2 Å². The van der Waals surface area contributed by atoms with Crippen molar-refractivity contribution >= 4 is 17.6 Å². The van der Waals surface area contributed by atoms with E-state index in [9.17, 15) is 14.3 Å². The molecular formula is C15H15ClFN3O2. The summed E-state index contributed by atoms with van der Waals surface area (Å²) < 4.78 is 13.5. The van der Waals surface area contributed by atoms with E-state index in [1.165, 1.54) is 18.2 Å². The lowest BCUT2D eigenvalue weighted by molar-refractivity contribution is 0.169. The molecule has 2 aromatic rings. The van der Waals surface area contributed by atoms with Gasteiger partial charge in [0.1, 0.15) is 11.0 Å². The van der Waals surface area contributed by atoms with Crippen LogP contribution in [-0.4, -0.2) is 22.7 Å². The molecule has 0 aliphatic rings. The minimum atomic E-state index is -1.11. The van der Waals surface area contributed by atoms with Gasteiger partial charge in [0.15, 0.2) is 0 Å². The Balaban J connectivity index is 1.78. The number of amides is 2. The molecule has 1 unspecified atom stereocenters. The molecule has 7 heteroatoms. The van der Waals surface area contributed by atoms with Crippen LogP contribution >= 0.6 is 11.6 Å². The fourth-order valence-corrected chi connectivity index (χ4v) is 1.91. The Labute approximate surface area is 132 Å². The third-order valence-electron chi connectivity index (χ3n) is 2.96. The van der Waals surface area contributed by atoms with Crippen molar-refractivity contribution in [3.63, 3.8) is 0 Å². The maximum absolute atomic E-state index is 13.5. The highest BCUT2D eigenvalue weighted by atomic mass is 35.5. The Hall–Kier alpha value is -2.18. The number of aliphatic hydroxyl groups is 1. The molecule has 116 valence electrons. The molecule has 22 heavy (non-hydrogen) atoms. The molecular weight excluding hydrogens is 309 g/mol. The maximum atomic E-state index is 13.5. The number of halogens is 2. The van der Waals surface area contributed by atoms with E-state index >= 15 is 0 Å². The van der Waals surface area contributed by atoms with Crippen LogP contribution < -0.4 is 10.6 Å². The van der Waals surface area contributed by atoms with E-state index in [4.69, 9.17) is 11.6 Å². The molecule has 0 saturated heterocycles. The van der Waals surface area contributed by atoms with E-state index in [1.807, 2.05) is 0 Å². The SMILES string of the molecule is O=C(NCc1ccc(Cl)nc1)NCC(O)c1ccccc1F. The summed E-state index contributed by atoms with van der Waals surface area (Å²) in [6.45, 7) is 0.178. The third-order valence-corrected chi connectivity index (χ3v) is 3.19. The normalized spacial score (nSPS) is 11.8. The first-order valence-electron chi connectivity index (χ1n) is 6.61. The molecule has 1 atom stereocenters. The van der Waals surface area contributed by atoms with Crippen LogP contribution in [0.1, 0.15) is 17.2 Å². The monoisotopic (exact) mass is 323 g/mol. The van der Waals surface area contributed by atoms with Crippen LogP contribution in [0.25, 0.3) is 0 Å². The minimum Gasteiger partial charge on any atom is -0.386 e. The molecule has 0 spiro atoms. The van der Waals surface area contributed by atoms with Gasteiger partial charge in [-0.3, -0.25) is 0 Å². The Bertz CT molecular complexity index is 637. The average Bonchev–Trinajstić information content (AvgIpc) is 2.52. The largest absolute Gasteiger partial charge is 0.386 e. The van der Waals surface area contributed by atoms with Gasteiger partial charge in [0, 0.05) is 24.8 Å². The average molecular weight is 324 g/mol. The molecule has 1 aromatic heterocycles. The molecule has 0 saturated carbocycles. The van der Waals surface area contributed by atoms with Crippen LogP contribution in [-0.2, 0) is 6.54 Å². The van der Waals surface area contributed by atoms with Gasteiger partial charge in [0.2, 0.25) is 0 Å². The van der Waals surface area contributed by atoms with Gasteiger partial charge in [0.25, 0.3) is 0 Å². The van der Waals surface area contributed by atoms with Crippen LogP contribution in [0.4, 0.5) is 9.18 Å². The lowest BCUT2D eigenvalue weighted by Gasteiger charge is -2.13. The van der Waals surface area contributed by atoms with Crippen LogP contribution in [0.5, 0.6) is 0 Å². The minimum absolute atomic E-state index is 0.0916. The molecule has 0 aliphatic heterocycles. The van der Waals surface area contributed by atoms with Gasteiger partial charge in [-0.1, -0.05) is 35.9 Å². The number of rotatable bonds is 5. The molecule has 0 aliphatic carbocycles. The standard InChI is InChI=1S/C15H15ClFN3O2/c16-14-6-5-10(7-18-14)8-19-15(22)20-9-13(21)11-3-1-2-4-12(11)17/h1-7,13,21H,8-9H2,(H2,19,20,22). The van der Waals surface area contributed by atoms with Gasteiger partial charge in [0.05, 0.1) is 6.10 Å². The summed E-state index contributed by atoms with van der Waals surface area (Å²) in [5, 5.41) is 15.3. The van der Waals surface area contributed by atoms with Crippen molar-refractivity contribution in [1.29, 1.82) is 0 Å². The zero-order valence-electron chi connectivity index (χ0n) is 11.6. The van der Waals surface area contributed by atoms with E-state index in [-0.39, 0.29) is 18.7 Å². The van der Waals surface area contributed by atoms with E-state index in [1.54, 1.807) is 24.4 Å². The zero-order valence-corrected chi connectivity index (χ0v) is 12.3. The van der Waals surface area contributed by atoms with Gasteiger partial charge >= 0.3 is 6.03 Å². The maximum Gasteiger partial charge on any atom is 0.315 e. The highest BCUT2D eigenvalue weighted by molar-refractivity contribution is 6.29. The lowest BCUT2D eigenvalue weighted by Crippen LogP contribution is -2.37. The van der Waals surface area contributed by atoms with E-state index in [0.717, 1.165) is 5.56 Å². The van der Waals surface area contributed by atoms with Gasteiger partial charge in [-0.2, -0.15) is 0 Å². The Morgan fingerprint density at radius 3 is 2.73 bits per heavy atom. The number of aromatic nitrogens is 1. The first-order chi connectivity index (χ1) is 10.6. The zero-order chi connectivity index (χ0) is 15.9. The molecule has 3 N–H and O–H groups in total. The number of aliphatic hydroxyl groups excluding tert-OH is 1. The van der Waals surface area contributed by atoms with Crippen LogP contribution in [0, 0.1) is 5.82 Å². The molecule has 5 nitrogen and oxygen atoms in total. The highest BCUT2D eigenvalue weighted by Crippen LogP contribution is 2.15. The van der Waals surface area contributed by atoms with E-state index < -0.39 is 18.0 Å². The summed E-state index contributed by atoms with van der Waals surface area (Å²) in [6, 6.07) is 8.78. The highest BCUT2D eigenvalue weighted by Gasteiger charge is 2.13. The second-order valence-electron chi connectivity index (χ2n) is 4.59. The van der Waals surface area contributed by atoms with Crippen LogP contribution in [0.3, 0.4) is 0 Å². The van der Waals surface area contributed by atoms with Crippen LogP contribution in [0.2, 0.25) is 5.15 Å². The topological polar surface area (TPSA) is 74.2 Å². The summed E-state index contributed by atoms with van der Waals surface area (Å²) in [6.07, 6.45) is 0.445. The first-order valence-corrected chi connectivity index (χ1v) is 6.98. The van der Waals surface area contributed by atoms with Crippen molar-refractivity contribution in [3.05, 3.63) is 64.7 Å². The Morgan fingerprint density at radius 2 is 2.05 bits per heavy atom. The van der Waals surface area contributed by atoms with Gasteiger partial charge in [-0.15, -0.1) is 0 Å². The summed E-state index contributed by atoms with van der Waals surface area (Å²) in [4.78, 5) is 15.5. The summed E-state index contributed by atoms with van der Waals surface area (Å²) in [5.41, 5.74) is 0.930. The molecule has 1 aromatic carbocycles. The number of urea groups is 1. The molecule has 0 fully saturated rings. The van der Waals surface area contributed by atoms with Crippen molar-refractivity contribution in [1.82, 2.24) is 15.6 Å². The lowest BCUT2D eigenvalue weighted by atomic mass is 10.1. The number of carbonyl (C=O) groups is 1. The number of pyridine rings is 1. The Morgan fingerprint density at radius 1 is 1.27 bits per heavy atom. The van der Waals surface area contributed by atoms with Crippen molar-refractivity contribution in [2.24, 2.45) is 0 Å². The van der Waals surface area contributed by atoms with Crippen molar-refractivity contribution in [2.75, 3.05) is 6.54 Å². The number of nitrogens with zero attached hydrogens (tertiary/aromatic N) is 1. The Kier molecular flexibility index (Phi) is 5.68. The number of hydrogen-bond donors (Lipinski definition) is 3. The second-order valence-corrected chi connectivity index (χ2v) is 4.98. The molecule has 1 heterocycles. The number of nitrogens with one attached hydrogen (secondary N) is 2. The molecule has 2 amide bonds. The van der Waals surface area contributed by atoms with Crippen molar-refractivity contribution in [3.8, 4) is 0 Å². The smallest absolute Gasteiger partial charge is 0.315 e. The summed E-state index contributed by atoms with van der Waals surface area (Å²) in [5.74, 6) is -0.510. The summed E-state index contributed by atoms with van der Waals surface area (Å²) >= 11 is 5.66. The third kappa shape index (κ3) is 4.68. The first kappa shape index (κ1) is 16.2. The van der Waals surface area contributed by atoms with E-state index in [0.29, 0.717) is 5.15 Å². The molecule has 0 bridgehead atoms. The second kappa shape index (κ2) is 7.72. The van der Waals surface area contributed by atoms with Crippen molar-refractivity contribution < 1.29 is 14.3 Å². The van der Waals surface area contributed by atoms with E-state index in [2.05, 4.69) is 15.6 Å².